The highest BCUT2D eigenvalue weighted by molar-refractivity contribution is 5.15. The van der Waals surface area contributed by atoms with Crippen LogP contribution in [0.4, 0.5) is 0 Å². The van der Waals surface area contributed by atoms with Gasteiger partial charge >= 0.3 is 0 Å². The van der Waals surface area contributed by atoms with Crippen molar-refractivity contribution in [3.05, 3.63) is 0 Å². The minimum absolute atomic E-state index is 0.0385. The molecule has 12 heavy (non-hydrogen) atoms. The lowest BCUT2D eigenvalue weighted by molar-refractivity contribution is -0.105. The summed E-state index contributed by atoms with van der Waals surface area (Å²) in [6.07, 6.45) is -3.08. The first-order chi connectivity index (χ1) is 5.66. The van der Waals surface area contributed by atoms with E-state index < -0.39 is 18.3 Å². The van der Waals surface area contributed by atoms with Crippen LogP contribution in [0.1, 0.15) is 0 Å². The van der Waals surface area contributed by atoms with Crippen LogP contribution in [0.2, 0.25) is 0 Å². The summed E-state index contributed by atoms with van der Waals surface area (Å²) in [6.45, 7) is -0.168. The van der Waals surface area contributed by atoms with E-state index in [1.165, 1.54) is 0 Å². The first-order valence-corrected chi connectivity index (χ1v) is 4.08. The molecule has 0 bridgehead atoms. The van der Waals surface area contributed by atoms with Gasteiger partial charge in [-0.3, -0.25) is 0 Å². The van der Waals surface area contributed by atoms with E-state index >= 15 is 0 Å². The summed E-state index contributed by atoms with van der Waals surface area (Å²) in [5.74, 6) is -0.353. The van der Waals surface area contributed by atoms with E-state index in [4.69, 9.17) is 5.11 Å². The molecule has 1 heterocycles. The number of nitrogens with one attached hydrogen (secondary N) is 1. The zero-order valence-corrected chi connectivity index (χ0v) is 6.46. The van der Waals surface area contributed by atoms with E-state index in [-0.39, 0.29) is 24.6 Å². The third-order valence-corrected chi connectivity index (χ3v) is 2.84. The monoisotopic (exact) mass is 175 g/mol. The van der Waals surface area contributed by atoms with Crippen LogP contribution in [0, 0.1) is 5.92 Å². The van der Waals surface area contributed by atoms with Gasteiger partial charge in [-0.25, -0.2) is 0 Å². The molecule has 6 atom stereocenters. The SMILES string of the molecule is OC[C@@H]1[C@@H](O)[C@H](O)[C@H](O)[C@@H]2N[C@H]12. The quantitative estimate of drug-likeness (QED) is 0.274. The van der Waals surface area contributed by atoms with Crippen LogP contribution in [0.3, 0.4) is 0 Å². The van der Waals surface area contributed by atoms with Gasteiger partial charge in [-0.15, -0.1) is 0 Å². The minimum Gasteiger partial charge on any atom is -0.396 e. The summed E-state index contributed by atoms with van der Waals surface area (Å²) in [4.78, 5) is 0. The molecule has 0 unspecified atom stereocenters. The summed E-state index contributed by atoms with van der Waals surface area (Å²) in [6, 6.07) is -0.191. The first-order valence-electron chi connectivity index (χ1n) is 4.08. The van der Waals surface area contributed by atoms with Crippen molar-refractivity contribution < 1.29 is 20.4 Å². The molecule has 1 aliphatic carbocycles. The molecule has 70 valence electrons. The maximum Gasteiger partial charge on any atom is 0.108 e. The smallest absolute Gasteiger partial charge is 0.108 e. The van der Waals surface area contributed by atoms with Gasteiger partial charge in [0.25, 0.3) is 0 Å². The van der Waals surface area contributed by atoms with Crippen LogP contribution in [0.25, 0.3) is 0 Å². The Morgan fingerprint density at radius 3 is 2.17 bits per heavy atom. The van der Waals surface area contributed by atoms with Crippen LogP contribution in [0.5, 0.6) is 0 Å². The van der Waals surface area contributed by atoms with Gasteiger partial charge in [0.15, 0.2) is 0 Å². The molecule has 0 aromatic carbocycles. The summed E-state index contributed by atoms with van der Waals surface area (Å²) in [5, 5.41) is 39.8. The molecule has 1 saturated heterocycles. The van der Waals surface area contributed by atoms with Gasteiger partial charge in [0.2, 0.25) is 0 Å². The van der Waals surface area contributed by atoms with E-state index in [0.29, 0.717) is 0 Å². The molecule has 0 amide bonds. The van der Waals surface area contributed by atoms with Gasteiger partial charge in [-0.1, -0.05) is 0 Å². The van der Waals surface area contributed by atoms with Crippen molar-refractivity contribution in [1.29, 1.82) is 0 Å². The Morgan fingerprint density at radius 2 is 1.58 bits per heavy atom. The Morgan fingerprint density at radius 1 is 0.917 bits per heavy atom. The largest absolute Gasteiger partial charge is 0.396 e. The van der Waals surface area contributed by atoms with Gasteiger partial charge in [0.05, 0.1) is 24.9 Å². The second kappa shape index (κ2) is 2.65. The van der Waals surface area contributed by atoms with Gasteiger partial charge < -0.3 is 25.7 Å². The number of aliphatic hydroxyl groups is 4. The topological polar surface area (TPSA) is 103 Å². The lowest BCUT2D eigenvalue weighted by atomic mass is 9.83. The van der Waals surface area contributed by atoms with Crippen molar-refractivity contribution >= 4 is 0 Å². The third kappa shape index (κ3) is 0.982. The molecule has 0 aromatic heterocycles. The fourth-order valence-corrected chi connectivity index (χ4v) is 1.97. The Hall–Kier alpha value is -0.200. The lowest BCUT2D eigenvalue weighted by Crippen LogP contribution is -2.52. The van der Waals surface area contributed by atoms with E-state index in [1.807, 2.05) is 0 Å². The Labute approximate surface area is 69.6 Å². The average molecular weight is 175 g/mol. The summed E-state index contributed by atoms with van der Waals surface area (Å²) >= 11 is 0. The van der Waals surface area contributed by atoms with Gasteiger partial charge in [0, 0.05) is 12.0 Å². The molecule has 0 spiro atoms. The fraction of sp³-hybridized carbons (Fsp3) is 1.00. The zero-order chi connectivity index (χ0) is 8.88. The first kappa shape index (κ1) is 8.40. The van der Waals surface area contributed by atoms with Crippen molar-refractivity contribution in [2.24, 2.45) is 5.92 Å². The molecule has 5 nitrogen and oxygen atoms in total. The van der Waals surface area contributed by atoms with Crippen LogP contribution in [-0.2, 0) is 0 Å². The van der Waals surface area contributed by atoms with Crippen molar-refractivity contribution in [2.75, 3.05) is 6.61 Å². The average Bonchev–Trinajstić information content (AvgIpc) is 2.81. The van der Waals surface area contributed by atoms with Crippen LogP contribution in [0.15, 0.2) is 0 Å². The van der Waals surface area contributed by atoms with E-state index in [2.05, 4.69) is 5.32 Å². The second-order valence-corrected chi connectivity index (χ2v) is 3.54. The summed E-state index contributed by atoms with van der Waals surface area (Å²) < 4.78 is 0. The highest BCUT2D eigenvalue weighted by atomic mass is 16.4. The van der Waals surface area contributed by atoms with Crippen LogP contribution in [-0.4, -0.2) is 57.4 Å². The summed E-state index contributed by atoms with van der Waals surface area (Å²) in [5.41, 5.74) is 0. The zero-order valence-electron chi connectivity index (χ0n) is 6.46. The number of aliphatic hydroxyl groups excluding tert-OH is 4. The Kier molecular flexibility index (Phi) is 1.85. The molecule has 1 aliphatic heterocycles. The number of fused-ring (bicyclic) bond motifs is 1. The van der Waals surface area contributed by atoms with Gasteiger partial charge in [0.1, 0.15) is 6.10 Å². The van der Waals surface area contributed by atoms with Crippen molar-refractivity contribution in [3.8, 4) is 0 Å². The normalized spacial score (nSPS) is 58.0. The molecule has 0 radical (unpaired) electrons. The molecule has 5 N–H and O–H groups in total. The number of hydrogen-bond acceptors (Lipinski definition) is 5. The van der Waals surface area contributed by atoms with E-state index in [9.17, 15) is 15.3 Å². The molecule has 5 heteroatoms. The fourth-order valence-electron chi connectivity index (χ4n) is 1.97. The predicted octanol–water partition coefficient (Wildman–Crippen LogP) is -2.97. The molecule has 2 aliphatic rings. The second-order valence-electron chi connectivity index (χ2n) is 3.54. The maximum absolute atomic E-state index is 9.39. The number of hydrogen-bond donors (Lipinski definition) is 5. The maximum atomic E-state index is 9.39. The molecule has 1 saturated carbocycles. The van der Waals surface area contributed by atoms with E-state index in [0.717, 1.165) is 0 Å². The minimum atomic E-state index is -1.14. The molecular weight excluding hydrogens is 162 g/mol. The van der Waals surface area contributed by atoms with E-state index in [1.54, 1.807) is 0 Å². The lowest BCUT2D eigenvalue weighted by Gasteiger charge is -2.32. The van der Waals surface area contributed by atoms with Gasteiger partial charge in [-0.05, 0) is 0 Å². The standard InChI is InChI=1S/C7H13NO4/c9-1-2-3-4(8-3)6(11)7(12)5(2)10/h2-12H,1H2/t2-,3+,4+,5+,6+,7-/m0/s1. The Bertz CT molecular complexity index is 188. The molecule has 2 rings (SSSR count). The summed E-state index contributed by atoms with van der Waals surface area (Å²) in [7, 11) is 0. The van der Waals surface area contributed by atoms with Gasteiger partial charge in [-0.2, -0.15) is 0 Å². The highest BCUT2D eigenvalue weighted by Gasteiger charge is 2.57. The van der Waals surface area contributed by atoms with Crippen LogP contribution < -0.4 is 5.32 Å². The molecule has 2 fully saturated rings. The third-order valence-electron chi connectivity index (χ3n) is 2.84. The molecule has 0 aromatic rings. The van der Waals surface area contributed by atoms with Crippen LogP contribution >= 0.6 is 0 Å². The highest BCUT2D eigenvalue weighted by Crippen LogP contribution is 2.34. The van der Waals surface area contributed by atoms with Crippen molar-refractivity contribution in [3.63, 3.8) is 0 Å². The van der Waals surface area contributed by atoms with Crippen molar-refractivity contribution in [1.82, 2.24) is 5.32 Å². The van der Waals surface area contributed by atoms with Crippen molar-refractivity contribution in [2.45, 2.75) is 30.4 Å². The molecular formula is C7H13NO4. The number of rotatable bonds is 1. The Balaban J connectivity index is 2.11. The predicted molar refractivity (Wildman–Crippen MR) is 39.3 cm³/mol.